The van der Waals surface area contributed by atoms with Crippen molar-refractivity contribution in [3.05, 3.63) is 16.1 Å². The zero-order valence-corrected chi connectivity index (χ0v) is 16.4. The molecule has 2 rings (SSSR count). The third-order valence-electron chi connectivity index (χ3n) is 3.53. The summed E-state index contributed by atoms with van der Waals surface area (Å²) in [7, 11) is 0. The minimum absolute atomic E-state index is 0. The van der Waals surface area contributed by atoms with Crippen LogP contribution < -0.4 is 5.73 Å². The molecule has 0 aliphatic carbocycles. The number of aliphatic imine (C=N–C) groups is 1. The highest BCUT2D eigenvalue weighted by Gasteiger charge is 2.18. The molecule has 1 aromatic rings. The smallest absolute Gasteiger partial charge is 0.191 e. The number of hydrogen-bond acceptors (Lipinski definition) is 3. The largest absolute Gasteiger partial charge is 0.370 e. The van der Waals surface area contributed by atoms with Crippen LogP contribution in [0.3, 0.4) is 0 Å². The second kappa shape index (κ2) is 8.31. The number of nitrogens with zero attached hydrogens (tertiary/aromatic N) is 3. The van der Waals surface area contributed by atoms with Gasteiger partial charge < -0.3 is 10.6 Å². The van der Waals surface area contributed by atoms with Gasteiger partial charge in [-0.3, -0.25) is 0 Å². The minimum atomic E-state index is 0. The Balaban J connectivity index is 0.00000220. The normalized spacial score (nSPS) is 17.3. The van der Waals surface area contributed by atoms with Crippen LogP contribution in [-0.4, -0.2) is 28.9 Å². The van der Waals surface area contributed by atoms with Crippen LogP contribution in [0.4, 0.5) is 0 Å². The molecule has 0 radical (unpaired) electrons. The van der Waals surface area contributed by atoms with Gasteiger partial charge in [0.15, 0.2) is 5.96 Å². The molecule has 0 unspecified atom stereocenters. The summed E-state index contributed by atoms with van der Waals surface area (Å²) in [5.74, 6) is 0.678. The van der Waals surface area contributed by atoms with Gasteiger partial charge in [0.25, 0.3) is 0 Å². The monoisotopic (exact) mass is 422 g/mol. The Morgan fingerprint density at radius 3 is 2.43 bits per heavy atom. The van der Waals surface area contributed by atoms with Crippen LogP contribution in [-0.2, 0) is 12.0 Å². The van der Waals surface area contributed by atoms with E-state index in [4.69, 9.17) is 5.73 Å². The fourth-order valence-electron chi connectivity index (χ4n) is 2.29. The lowest BCUT2D eigenvalue weighted by Crippen LogP contribution is -2.38. The maximum absolute atomic E-state index is 6.11. The van der Waals surface area contributed by atoms with Gasteiger partial charge in [-0.1, -0.05) is 33.6 Å². The van der Waals surface area contributed by atoms with Gasteiger partial charge in [-0.25, -0.2) is 9.98 Å². The highest BCUT2D eigenvalue weighted by Crippen LogP contribution is 2.25. The standard InChI is InChI=1S/C15H26N4S.HI/c1-15(2,3)13-18-12(11-20-13)10-17-14(16)19-8-6-4-5-7-9-19;/h11H,4-10H2,1-3H3,(H2,16,17);1H. The molecule has 0 amide bonds. The average molecular weight is 422 g/mol. The molecule has 0 spiro atoms. The number of likely N-dealkylation sites (tertiary alicyclic amines) is 1. The molecular weight excluding hydrogens is 395 g/mol. The molecule has 0 atom stereocenters. The van der Waals surface area contributed by atoms with Crippen LogP contribution in [0.25, 0.3) is 0 Å². The highest BCUT2D eigenvalue weighted by molar-refractivity contribution is 14.0. The van der Waals surface area contributed by atoms with E-state index in [0.29, 0.717) is 12.5 Å². The number of thiazole rings is 1. The van der Waals surface area contributed by atoms with Gasteiger partial charge in [0.1, 0.15) is 0 Å². The Labute approximate surface area is 149 Å². The molecule has 0 bridgehead atoms. The molecular formula is C15H27IN4S. The lowest BCUT2D eigenvalue weighted by molar-refractivity contribution is 0.428. The van der Waals surface area contributed by atoms with Crippen LogP contribution in [0.5, 0.6) is 0 Å². The zero-order chi connectivity index (χ0) is 14.6. The molecule has 1 saturated heterocycles. The van der Waals surface area contributed by atoms with E-state index < -0.39 is 0 Å². The van der Waals surface area contributed by atoms with Crippen LogP contribution >= 0.6 is 35.3 Å². The Kier molecular flexibility index (Phi) is 7.39. The molecule has 21 heavy (non-hydrogen) atoms. The van der Waals surface area contributed by atoms with E-state index in [0.717, 1.165) is 23.8 Å². The van der Waals surface area contributed by atoms with Crippen LogP contribution in [0.15, 0.2) is 10.4 Å². The van der Waals surface area contributed by atoms with Crippen molar-refractivity contribution in [2.24, 2.45) is 10.7 Å². The van der Waals surface area contributed by atoms with Crippen molar-refractivity contribution < 1.29 is 0 Å². The summed E-state index contributed by atoms with van der Waals surface area (Å²) in [5.41, 5.74) is 7.25. The first kappa shape index (κ1) is 18.7. The number of rotatable bonds is 2. The molecule has 1 aliphatic rings. The van der Waals surface area contributed by atoms with Crippen molar-refractivity contribution >= 4 is 41.3 Å². The molecule has 0 saturated carbocycles. The predicted octanol–water partition coefficient (Wildman–Crippen LogP) is 3.75. The molecule has 1 fully saturated rings. The summed E-state index contributed by atoms with van der Waals surface area (Å²) in [6.07, 6.45) is 5.07. The van der Waals surface area contributed by atoms with Crippen LogP contribution in [0, 0.1) is 0 Å². The molecule has 6 heteroatoms. The number of nitrogens with two attached hydrogens (primary N) is 1. The first-order valence-electron chi connectivity index (χ1n) is 7.46. The summed E-state index contributed by atoms with van der Waals surface area (Å²) in [6.45, 7) is 9.23. The molecule has 120 valence electrons. The maximum Gasteiger partial charge on any atom is 0.191 e. The molecule has 1 aliphatic heterocycles. The third-order valence-corrected chi connectivity index (χ3v) is 4.84. The van der Waals surface area contributed by atoms with Crippen molar-refractivity contribution in [1.29, 1.82) is 0 Å². The molecule has 4 nitrogen and oxygen atoms in total. The summed E-state index contributed by atoms with van der Waals surface area (Å²) in [4.78, 5) is 11.4. The quantitative estimate of drug-likeness (QED) is 0.449. The Morgan fingerprint density at radius 1 is 1.29 bits per heavy atom. The van der Waals surface area contributed by atoms with Gasteiger partial charge in [-0.15, -0.1) is 35.3 Å². The molecule has 2 heterocycles. The highest BCUT2D eigenvalue weighted by atomic mass is 127. The van der Waals surface area contributed by atoms with Gasteiger partial charge in [-0.2, -0.15) is 0 Å². The fraction of sp³-hybridized carbons (Fsp3) is 0.733. The van der Waals surface area contributed by atoms with Crippen molar-refractivity contribution in [2.45, 2.75) is 58.4 Å². The summed E-state index contributed by atoms with van der Waals surface area (Å²) < 4.78 is 0. The predicted molar refractivity (Wildman–Crippen MR) is 102 cm³/mol. The third kappa shape index (κ3) is 5.73. The summed E-state index contributed by atoms with van der Waals surface area (Å²) in [6, 6.07) is 0. The van der Waals surface area contributed by atoms with E-state index in [1.807, 2.05) is 0 Å². The van der Waals surface area contributed by atoms with E-state index >= 15 is 0 Å². The van der Waals surface area contributed by atoms with E-state index in [1.165, 1.54) is 25.7 Å². The molecule has 0 aromatic carbocycles. The van der Waals surface area contributed by atoms with Gasteiger partial charge in [0.2, 0.25) is 0 Å². The van der Waals surface area contributed by atoms with Crippen molar-refractivity contribution in [2.75, 3.05) is 13.1 Å². The Bertz CT molecular complexity index is 456. The first-order valence-corrected chi connectivity index (χ1v) is 8.34. The zero-order valence-electron chi connectivity index (χ0n) is 13.3. The summed E-state index contributed by atoms with van der Waals surface area (Å²) >= 11 is 1.71. The van der Waals surface area contributed by atoms with E-state index in [1.54, 1.807) is 11.3 Å². The van der Waals surface area contributed by atoms with Gasteiger partial charge >= 0.3 is 0 Å². The van der Waals surface area contributed by atoms with Gasteiger partial charge in [-0.05, 0) is 12.8 Å². The topological polar surface area (TPSA) is 54.5 Å². The van der Waals surface area contributed by atoms with Crippen LogP contribution in [0.1, 0.15) is 57.2 Å². The number of hydrogen-bond donors (Lipinski definition) is 1. The lowest BCUT2D eigenvalue weighted by atomic mass is 9.98. The van der Waals surface area contributed by atoms with Crippen molar-refractivity contribution in [1.82, 2.24) is 9.88 Å². The minimum Gasteiger partial charge on any atom is -0.370 e. The van der Waals surface area contributed by atoms with Gasteiger partial charge in [0, 0.05) is 23.9 Å². The maximum atomic E-state index is 6.11. The SMILES string of the molecule is CC(C)(C)c1nc(CN=C(N)N2CCCCCC2)cs1.I. The number of halogens is 1. The lowest BCUT2D eigenvalue weighted by Gasteiger charge is -2.20. The fourth-order valence-corrected chi connectivity index (χ4v) is 3.18. The van der Waals surface area contributed by atoms with Gasteiger partial charge in [0.05, 0.1) is 17.2 Å². The molecule has 1 aromatic heterocycles. The van der Waals surface area contributed by atoms with E-state index in [2.05, 4.69) is 41.0 Å². The number of aromatic nitrogens is 1. The average Bonchev–Trinajstić information content (AvgIpc) is 2.70. The Hall–Kier alpha value is -0.370. The Morgan fingerprint density at radius 2 is 1.90 bits per heavy atom. The summed E-state index contributed by atoms with van der Waals surface area (Å²) in [5, 5.41) is 3.26. The van der Waals surface area contributed by atoms with Crippen LogP contribution in [0.2, 0.25) is 0 Å². The van der Waals surface area contributed by atoms with E-state index in [9.17, 15) is 0 Å². The number of guanidine groups is 1. The second-order valence-corrected chi connectivity index (χ2v) is 7.33. The van der Waals surface area contributed by atoms with E-state index in [-0.39, 0.29) is 29.4 Å². The second-order valence-electron chi connectivity index (χ2n) is 6.47. The first-order chi connectivity index (χ1) is 9.47. The van der Waals surface area contributed by atoms with Crippen molar-refractivity contribution in [3.8, 4) is 0 Å². The molecule has 2 N–H and O–H groups in total. The van der Waals surface area contributed by atoms with Crippen molar-refractivity contribution in [3.63, 3.8) is 0 Å².